The number of likely N-dealkylation sites (N-methyl/N-ethyl adjacent to an activating group) is 1. The number of nitrogens with zero attached hydrogens (tertiary/aromatic N) is 2. The van der Waals surface area contributed by atoms with Gasteiger partial charge in [-0.1, -0.05) is 72.8 Å². The first kappa shape index (κ1) is 25.2. The van der Waals surface area contributed by atoms with Gasteiger partial charge in [0.2, 0.25) is 5.69 Å². The predicted octanol–water partition coefficient (Wildman–Crippen LogP) is 7.94. The Hall–Kier alpha value is -4.11. The topological polar surface area (TPSA) is 15.5 Å². The number of anilines is 1. The van der Waals surface area contributed by atoms with Crippen LogP contribution in [0.5, 0.6) is 5.75 Å². The zero-order chi connectivity index (χ0) is 27.4. The highest BCUT2D eigenvalue weighted by Gasteiger charge is 2.44. The van der Waals surface area contributed by atoms with Crippen LogP contribution in [0.1, 0.15) is 37.5 Å². The number of ether oxygens (including phenoxy) is 1. The van der Waals surface area contributed by atoms with E-state index in [0.29, 0.717) is 0 Å². The summed E-state index contributed by atoms with van der Waals surface area (Å²) in [7, 11) is 6.12. The number of hydrogen-bond acceptors (Lipinski definition) is 2. The third-order valence-electron chi connectivity index (χ3n) is 8.91. The summed E-state index contributed by atoms with van der Waals surface area (Å²) in [5, 5.41) is 2.58. The highest BCUT2D eigenvalue weighted by atomic mass is 16.5. The van der Waals surface area contributed by atoms with Crippen LogP contribution in [0, 0.1) is 0 Å². The maximum Gasteiger partial charge on any atom is 0.209 e. The molecule has 0 amide bonds. The molecule has 0 fully saturated rings. The number of fused-ring (bicyclic) bond motifs is 4. The first-order valence-electron chi connectivity index (χ1n) is 13.7. The molecular weight excluding hydrogens is 476 g/mol. The van der Waals surface area contributed by atoms with Crippen molar-refractivity contribution in [2.45, 2.75) is 38.0 Å². The van der Waals surface area contributed by atoms with Crippen molar-refractivity contribution >= 4 is 27.9 Å². The van der Waals surface area contributed by atoms with Gasteiger partial charge in [0.15, 0.2) is 5.71 Å². The second kappa shape index (κ2) is 9.27. The minimum atomic E-state index is -0.155. The van der Waals surface area contributed by atoms with E-state index in [0.717, 1.165) is 12.2 Å². The average molecular weight is 514 g/mol. The molecule has 0 aromatic heterocycles. The van der Waals surface area contributed by atoms with Gasteiger partial charge in [-0.05, 0) is 61.9 Å². The largest absolute Gasteiger partial charge is 0.497 e. The fourth-order valence-electron chi connectivity index (χ4n) is 6.85. The van der Waals surface area contributed by atoms with Gasteiger partial charge in [0, 0.05) is 41.3 Å². The van der Waals surface area contributed by atoms with Crippen LogP contribution in [0.4, 0.5) is 11.4 Å². The van der Waals surface area contributed by atoms with Crippen LogP contribution < -0.4 is 9.64 Å². The van der Waals surface area contributed by atoms with E-state index in [1.54, 1.807) is 7.11 Å². The molecule has 196 valence electrons. The lowest BCUT2D eigenvalue weighted by Crippen LogP contribution is -2.29. The van der Waals surface area contributed by atoms with E-state index >= 15 is 0 Å². The molecule has 3 heteroatoms. The maximum atomic E-state index is 5.54. The van der Waals surface area contributed by atoms with Crippen molar-refractivity contribution in [1.29, 1.82) is 0 Å². The molecule has 2 aliphatic heterocycles. The Morgan fingerprint density at radius 1 is 0.872 bits per heavy atom. The molecule has 4 aromatic rings. The van der Waals surface area contributed by atoms with E-state index in [1.807, 2.05) is 6.07 Å². The summed E-state index contributed by atoms with van der Waals surface area (Å²) < 4.78 is 7.85. The Morgan fingerprint density at radius 2 is 1.62 bits per heavy atom. The fourth-order valence-corrected chi connectivity index (χ4v) is 6.85. The van der Waals surface area contributed by atoms with Crippen molar-refractivity contribution in [3.8, 4) is 5.75 Å². The third-order valence-corrected chi connectivity index (χ3v) is 8.91. The molecule has 0 bridgehead atoms. The first-order chi connectivity index (χ1) is 18.8. The molecule has 3 nitrogen and oxygen atoms in total. The molecule has 0 spiro atoms. The standard InChI is InChI=1S/C36H37N2O/c1-35(2)30-23-27(39-6)20-22-31(30)37(4)32(35)17-12-18-33-36(3,24-25-13-8-7-9-14-25)29-21-19-26-15-10-11-16-28(26)34(29)38(33)5/h7-23H,24H2,1-6H3/q+1. The highest BCUT2D eigenvalue weighted by Crippen LogP contribution is 2.51. The first-order valence-corrected chi connectivity index (χ1v) is 13.7. The molecule has 2 aliphatic rings. The summed E-state index contributed by atoms with van der Waals surface area (Å²) in [5.74, 6) is 0.900. The van der Waals surface area contributed by atoms with Crippen LogP contribution >= 0.6 is 0 Å². The van der Waals surface area contributed by atoms with Gasteiger partial charge in [0.1, 0.15) is 12.8 Å². The molecule has 1 atom stereocenters. The summed E-state index contributed by atoms with van der Waals surface area (Å²) in [4.78, 5) is 2.42. The molecule has 2 heterocycles. The zero-order valence-electron chi connectivity index (χ0n) is 23.8. The number of benzene rings is 4. The van der Waals surface area contributed by atoms with Gasteiger partial charge >= 0.3 is 0 Å². The molecule has 0 N–H and O–H groups in total. The van der Waals surface area contributed by atoms with Crippen molar-refractivity contribution in [2.75, 3.05) is 26.1 Å². The second-order valence-electron chi connectivity index (χ2n) is 11.6. The lowest BCUT2D eigenvalue weighted by Gasteiger charge is -2.29. The van der Waals surface area contributed by atoms with Crippen LogP contribution in [-0.2, 0) is 17.3 Å². The van der Waals surface area contributed by atoms with Crippen molar-refractivity contribution in [3.05, 3.63) is 126 Å². The third kappa shape index (κ3) is 3.91. The van der Waals surface area contributed by atoms with Crippen LogP contribution in [-0.4, -0.2) is 31.5 Å². The normalized spacial score (nSPS) is 20.8. The SMILES string of the molecule is COc1ccc2c(c1)C(C)(C)C(C=CC=C1N(C)c3c(ccc4ccccc34)C1(C)Cc1ccccc1)=[N+]2C. The molecule has 0 aliphatic carbocycles. The molecule has 0 radical (unpaired) electrons. The van der Waals surface area contributed by atoms with Gasteiger partial charge in [-0.2, -0.15) is 4.58 Å². The lowest BCUT2D eigenvalue weighted by atomic mass is 9.76. The summed E-state index contributed by atoms with van der Waals surface area (Å²) in [6, 6.07) is 30.6. The molecule has 6 rings (SSSR count). The lowest BCUT2D eigenvalue weighted by molar-refractivity contribution is -0.401. The predicted molar refractivity (Wildman–Crippen MR) is 164 cm³/mol. The molecule has 4 aromatic carbocycles. The van der Waals surface area contributed by atoms with Gasteiger partial charge < -0.3 is 9.64 Å². The molecule has 0 saturated heterocycles. The quantitative estimate of drug-likeness (QED) is 0.252. The van der Waals surface area contributed by atoms with Gasteiger partial charge in [0.25, 0.3) is 0 Å². The van der Waals surface area contributed by atoms with Crippen molar-refractivity contribution < 1.29 is 9.31 Å². The summed E-state index contributed by atoms with van der Waals surface area (Å²) in [5.41, 5.74) is 8.89. The average Bonchev–Trinajstić information content (AvgIpc) is 3.27. The fraction of sp³-hybridized carbons (Fsp3) is 0.250. The van der Waals surface area contributed by atoms with E-state index in [9.17, 15) is 0 Å². The second-order valence-corrected chi connectivity index (χ2v) is 11.6. The van der Waals surface area contributed by atoms with E-state index in [2.05, 4.69) is 141 Å². The Bertz CT molecular complexity index is 1680. The Labute approximate surface area is 232 Å². The minimum Gasteiger partial charge on any atom is -0.497 e. The smallest absolute Gasteiger partial charge is 0.209 e. The Balaban J connectivity index is 1.44. The zero-order valence-corrected chi connectivity index (χ0v) is 23.8. The Kier molecular flexibility index (Phi) is 5.99. The monoisotopic (exact) mass is 513 g/mol. The molecule has 0 saturated carbocycles. The molecule has 39 heavy (non-hydrogen) atoms. The van der Waals surface area contributed by atoms with Crippen LogP contribution in [0.2, 0.25) is 0 Å². The number of allylic oxidation sites excluding steroid dienone is 4. The summed E-state index contributed by atoms with van der Waals surface area (Å²) >= 11 is 0. The van der Waals surface area contributed by atoms with Crippen molar-refractivity contribution in [1.82, 2.24) is 0 Å². The molecule has 1 unspecified atom stereocenters. The van der Waals surface area contributed by atoms with Crippen LogP contribution in [0.15, 0.2) is 109 Å². The summed E-state index contributed by atoms with van der Waals surface area (Å²) in [6.45, 7) is 6.99. The van der Waals surface area contributed by atoms with E-state index < -0.39 is 0 Å². The number of methoxy groups -OCH3 is 1. The van der Waals surface area contributed by atoms with Gasteiger partial charge in [-0.15, -0.1) is 0 Å². The minimum absolute atomic E-state index is 0.123. The number of rotatable bonds is 5. The van der Waals surface area contributed by atoms with Crippen LogP contribution in [0.3, 0.4) is 0 Å². The van der Waals surface area contributed by atoms with E-state index in [4.69, 9.17) is 4.74 Å². The highest BCUT2D eigenvalue weighted by molar-refractivity contribution is 6.03. The van der Waals surface area contributed by atoms with Crippen molar-refractivity contribution in [2.24, 2.45) is 0 Å². The maximum absolute atomic E-state index is 5.54. The van der Waals surface area contributed by atoms with E-state index in [1.165, 1.54) is 50.2 Å². The van der Waals surface area contributed by atoms with E-state index in [-0.39, 0.29) is 10.8 Å². The summed E-state index contributed by atoms with van der Waals surface area (Å²) in [6.07, 6.45) is 7.81. The van der Waals surface area contributed by atoms with Gasteiger partial charge in [-0.3, -0.25) is 0 Å². The number of hydrogen-bond donors (Lipinski definition) is 0. The van der Waals surface area contributed by atoms with Crippen molar-refractivity contribution in [3.63, 3.8) is 0 Å². The van der Waals surface area contributed by atoms with Gasteiger partial charge in [0.05, 0.1) is 18.2 Å². The Morgan fingerprint density at radius 3 is 2.38 bits per heavy atom. The molecular formula is C36H37N2O+. The van der Waals surface area contributed by atoms with Gasteiger partial charge in [-0.25, -0.2) is 0 Å². The van der Waals surface area contributed by atoms with Crippen LogP contribution in [0.25, 0.3) is 10.8 Å².